The van der Waals surface area contributed by atoms with E-state index < -0.39 is 11.4 Å². The second kappa shape index (κ2) is 4.58. The molecule has 0 aliphatic rings. The fourth-order valence-electron chi connectivity index (χ4n) is 1.59. The van der Waals surface area contributed by atoms with Crippen LogP contribution in [0.2, 0.25) is 10.0 Å². The summed E-state index contributed by atoms with van der Waals surface area (Å²) >= 11 is 13.1. The lowest BCUT2D eigenvalue weighted by Crippen LogP contribution is -2.22. The molecule has 0 aliphatic carbocycles. The van der Waals surface area contributed by atoms with Crippen LogP contribution in [0.15, 0.2) is 29.0 Å². The van der Waals surface area contributed by atoms with Crippen molar-refractivity contribution in [2.24, 2.45) is 0 Å². The minimum absolute atomic E-state index is 0.0557. The van der Waals surface area contributed by atoms with Crippen molar-refractivity contribution >= 4 is 34.5 Å². The Kier molecular flexibility index (Phi) is 3.46. The summed E-state index contributed by atoms with van der Waals surface area (Å²) in [5, 5.41) is 14.3. The molecule has 17 heavy (non-hydrogen) atoms. The van der Waals surface area contributed by atoms with Gasteiger partial charge in [-0.2, -0.15) is 11.3 Å². The minimum atomic E-state index is -1.33. The van der Waals surface area contributed by atoms with E-state index in [9.17, 15) is 9.50 Å². The van der Waals surface area contributed by atoms with E-state index in [1.165, 1.54) is 23.5 Å². The van der Waals surface area contributed by atoms with Gasteiger partial charge >= 0.3 is 0 Å². The number of hydrogen-bond donors (Lipinski definition) is 1. The van der Waals surface area contributed by atoms with Crippen LogP contribution >= 0.6 is 34.5 Å². The number of hydrogen-bond acceptors (Lipinski definition) is 2. The molecule has 1 heterocycles. The lowest BCUT2D eigenvalue weighted by molar-refractivity contribution is 0.102. The topological polar surface area (TPSA) is 20.2 Å². The quantitative estimate of drug-likeness (QED) is 0.810. The van der Waals surface area contributed by atoms with Crippen LogP contribution in [-0.4, -0.2) is 5.11 Å². The van der Waals surface area contributed by atoms with Crippen LogP contribution in [0, 0.1) is 5.82 Å². The maximum absolute atomic E-state index is 13.4. The van der Waals surface area contributed by atoms with Gasteiger partial charge in [0.1, 0.15) is 11.4 Å². The van der Waals surface area contributed by atoms with Crippen LogP contribution in [0.5, 0.6) is 0 Å². The standard InChI is InChI=1S/C12H9Cl2FOS/c1-12(16,7-2-3-17-6-7)8-4-11(15)10(14)5-9(8)13/h2-6,16H,1H3. The highest BCUT2D eigenvalue weighted by molar-refractivity contribution is 7.08. The van der Waals surface area contributed by atoms with Crippen LogP contribution in [0.1, 0.15) is 18.1 Å². The van der Waals surface area contributed by atoms with Crippen molar-refractivity contribution in [1.29, 1.82) is 0 Å². The summed E-state index contributed by atoms with van der Waals surface area (Å²) in [4.78, 5) is 0. The Morgan fingerprint density at radius 2 is 2.00 bits per heavy atom. The Hall–Kier alpha value is -0.610. The van der Waals surface area contributed by atoms with Crippen molar-refractivity contribution in [1.82, 2.24) is 0 Å². The Morgan fingerprint density at radius 3 is 2.59 bits per heavy atom. The molecule has 0 aliphatic heterocycles. The van der Waals surface area contributed by atoms with Gasteiger partial charge in [0.25, 0.3) is 0 Å². The van der Waals surface area contributed by atoms with E-state index in [2.05, 4.69) is 0 Å². The first-order chi connectivity index (χ1) is 7.93. The normalized spacial score (nSPS) is 14.6. The highest BCUT2D eigenvalue weighted by Gasteiger charge is 2.29. The monoisotopic (exact) mass is 290 g/mol. The van der Waals surface area contributed by atoms with E-state index in [1.54, 1.807) is 18.4 Å². The minimum Gasteiger partial charge on any atom is -0.381 e. The third-order valence-corrected chi connectivity index (χ3v) is 3.90. The third-order valence-electron chi connectivity index (χ3n) is 2.62. The smallest absolute Gasteiger partial charge is 0.142 e. The highest BCUT2D eigenvalue weighted by Crippen LogP contribution is 2.37. The molecule has 1 aromatic carbocycles. The van der Waals surface area contributed by atoms with Crippen molar-refractivity contribution in [2.75, 3.05) is 0 Å². The molecular weight excluding hydrogens is 282 g/mol. The summed E-state index contributed by atoms with van der Waals surface area (Å²) in [7, 11) is 0. The molecule has 2 aromatic rings. The van der Waals surface area contributed by atoms with Crippen LogP contribution in [0.25, 0.3) is 0 Å². The zero-order valence-corrected chi connectivity index (χ0v) is 11.2. The van der Waals surface area contributed by atoms with Crippen LogP contribution in [-0.2, 0) is 5.60 Å². The highest BCUT2D eigenvalue weighted by atomic mass is 35.5. The Morgan fingerprint density at radius 1 is 1.29 bits per heavy atom. The van der Waals surface area contributed by atoms with Crippen LogP contribution in [0.3, 0.4) is 0 Å². The largest absolute Gasteiger partial charge is 0.381 e. The van der Waals surface area contributed by atoms with Crippen molar-refractivity contribution in [3.05, 3.63) is 55.9 Å². The average Bonchev–Trinajstić information content (AvgIpc) is 2.77. The van der Waals surface area contributed by atoms with E-state index >= 15 is 0 Å². The summed E-state index contributed by atoms with van der Waals surface area (Å²) in [5.74, 6) is -0.596. The van der Waals surface area contributed by atoms with E-state index in [0.29, 0.717) is 11.1 Å². The molecule has 0 radical (unpaired) electrons. The van der Waals surface area contributed by atoms with Gasteiger partial charge in [-0.15, -0.1) is 0 Å². The zero-order chi connectivity index (χ0) is 12.6. The van der Waals surface area contributed by atoms with Gasteiger partial charge in [-0.1, -0.05) is 23.2 Å². The van der Waals surface area contributed by atoms with Crippen molar-refractivity contribution in [3.8, 4) is 0 Å². The molecule has 1 unspecified atom stereocenters. The predicted octanol–water partition coefficient (Wildman–Crippen LogP) is 4.45. The number of thiophene rings is 1. The Bertz CT molecular complexity index is 538. The van der Waals surface area contributed by atoms with Gasteiger partial charge in [-0.05, 0) is 41.4 Å². The summed E-state index contributed by atoms with van der Waals surface area (Å²) in [6.45, 7) is 1.57. The predicted molar refractivity (Wildman–Crippen MR) is 69.4 cm³/mol. The third kappa shape index (κ3) is 2.33. The molecule has 90 valence electrons. The summed E-state index contributed by atoms with van der Waals surface area (Å²) in [5.41, 5.74) is -0.353. The summed E-state index contributed by atoms with van der Waals surface area (Å²) in [6.07, 6.45) is 0. The Balaban J connectivity index is 2.57. The first-order valence-electron chi connectivity index (χ1n) is 4.83. The molecule has 0 fully saturated rings. The van der Waals surface area contributed by atoms with Crippen molar-refractivity contribution in [2.45, 2.75) is 12.5 Å². The SMILES string of the molecule is CC(O)(c1ccsc1)c1cc(F)c(Cl)cc1Cl. The molecule has 1 atom stereocenters. The van der Waals surface area contributed by atoms with Gasteiger partial charge in [0.15, 0.2) is 0 Å². The first kappa shape index (κ1) is 12.8. The average molecular weight is 291 g/mol. The van der Waals surface area contributed by atoms with Crippen molar-refractivity contribution in [3.63, 3.8) is 0 Å². The maximum atomic E-state index is 13.4. The van der Waals surface area contributed by atoms with E-state index in [4.69, 9.17) is 23.2 Å². The molecule has 1 N–H and O–H groups in total. The van der Waals surface area contributed by atoms with E-state index in [1.807, 2.05) is 5.38 Å². The van der Waals surface area contributed by atoms with Crippen LogP contribution in [0.4, 0.5) is 4.39 Å². The second-order valence-electron chi connectivity index (χ2n) is 3.83. The number of halogens is 3. The fourth-order valence-corrected chi connectivity index (χ4v) is 2.92. The van der Waals surface area contributed by atoms with Gasteiger partial charge in [-0.25, -0.2) is 4.39 Å². The van der Waals surface area contributed by atoms with E-state index in [0.717, 1.165) is 0 Å². The number of benzene rings is 1. The van der Waals surface area contributed by atoms with Gasteiger partial charge in [0.2, 0.25) is 0 Å². The molecule has 0 spiro atoms. The molecule has 0 amide bonds. The number of aliphatic hydroxyl groups is 1. The molecule has 0 saturated heterocycles. The van der Waals surface area contributed by atoms with Gasteiger partial charge in [-0.3, -0.25) is 0 Å². The molecule has 2 rings (SSSR count). The Labute approximate surface area is 112 Å². The fraction of sp³-hybridized carbons (Fsp3) is 0.167. The molecule has 0 saturated carbocycles. The van der Waals surface area contributed by atoms with Crippen molar-refractivity contribution < 1.29 is 9.50 Å². The molecule has 0 bridgehead atoms. The second-order valence-corrected chi connectivity index (χ2v) is 5.42. The molecular formula is C12H9Cl2FOS. The lowest BCUT2D eigenvalue weighted by atomic mass is 9.90. The van der Waals surface area contributed by atoms with Gasteiger partial charge in [0.05, 0.1) is 5.02 Å². The molecule has 5 heteroatoms. The van der Waals surface area contributed by atoms with Gasteiger partial charge < -0.3 is 5.11 Å². The van der Waals surface area contributed by atoms with E-state index in [-0.39, 0.29) is 10.0 Å². The van der Waals surface area contributed by atoms with Gasteiger partial charge in [0, 0.05) is 10.6 Å². The summed E-state index contributed by atoms with van der Waals surface area (Å²) < 4.78 is 13.4. The maximum Gasteiger partial charge on any atom is 0.142 e. The number of rotatable bonds is 2. The molecule has 1 aromatic heterocycles. The zero-order valence-electron chi connectivity index (χ0n) is 8.88. The molecule has 1 nitrogen and oxygen atoms in total. The lowest BCUT2D eigenvalue weighted by Gasteiger charge is -2.24. The first-order valence-corrected chi connectivity index (χ1v) is 6.53. The summed E-state index contributed by atoms with van der Waals surface area (Å²) in [6, 6.07) is 4.24. The van der Waals surface area contributed by atoms with Crippen LogP contribution < -0.4 is 0 Å².